The number of hydrogen-bond donors (Lipinski definition) is 1. The van der Waals surface area contributed by atoms with Crippen molar-refractivity contribution in [3.05, 3.63) is 80.5 Å². The molecule has 0 unspecified atom stereocenters. The summed E-state index contributed by atoms with van der Waals surface area (Å²) in [6.45, 7) is 0.607. The molecule has 0 fully saturated rings. The second kappa shape index (κ2) is 8.53. The number of amides is 2. The van der Waals surface area contributed by atoms with E-state index in [-0.39, 0.29) is 11.5 Å². The molecule has 2 amide bonds. The Kier molecular flexibility index (Phi) is 5.83. The van der Waals surface area contributed by atoms with E-state index >= 15 is 0 Å². The van der Waals surface area contributed by atoms with Crippen molar-refractivity contribution in [3.8, 4) is 0 Å². The predicted molar refractivity (Wildman–Crippen MR) is 115 cm³/mol. The Balaban J connectivity index is 1.51. The lowest BCUT2D eigenvalue weighted by atomic mass is 10.1. The number of carbonyl (C=O) groups excluding carboxylic acids is 2. The molecule has 0 aliphatic carbocycles. The number of benzene rings is 2. The van der Waals surface area contributed by atoms with E-state index in [1.807, 2.05) is 6.07 Å². The number of thiophene rings is 1. The summed E-state index contributed by atoms with van der Waals surface area (Å²) in [5.74, 6) is -2.43. The standard InChI is InChI=1S/C22H17ClF2N2O2S/c23-20-12-18-19(30-20)3-1-2-10-27(18)22(29)13-4-7-15(8-5-13)26-21(28)16-11-14(24)6-9-17(16)25/h4-9,11-12H,1-3,10H2,(H,26,28). The highest BCUT2D eigenvalue weighted by atomic mass is 35.5. The first-order valence-electron chi connectivity index (χ1n) is 9.39. The molecule has 1 aromatic heterocycles. The summed E-state index contributed by atoms with van der Waals surface area (Å²) in [4.78, 5) is 28.1. The molecule has 0 spiro atoms. The average Bonchev–Trinajstić information content (AvgIpc) is 2.99. The number of hydrogen-bond acceptors (Lipinski definition) is 3. The van der Waals surface area contributed by atoms with Crippen LogP contribution in [0.25, 0.3) is 0 Å². The van der Waals surface area contributed by atoms with Gasteiger partial charge >= 0.3 is 0 Å². The van der Waals surface area contributed by atoms with Crippen LogP contribution in [-0.2, 0) is 6.42 Å². The van der Waals surface area contributed by atoms with E-state index in [4.69, 9.17) is 11.6 Å². The number of rotatable bonds is 3. The molecule has 1 aliphatic rings. The fraction of sp³-hybridized carbons (Fsp3) is 0.182. The zero-order chi connectivity index (χ0) is 21.3. The largest absolute Gasteiger partial charge is 0.322 e. The van der Waals surface area contributed by atoms with Crippen LogP contribution in [0.15, 0.2) is 48.5 Å². The Labute approximate surface area is 181 Å². The Morgan fingerprint density at radius 2 is 1.80 bits per heavy atom. The maximum atomic E-state index is 13.8. The van der Waals surface area contributed by atoms with Crippen molar-refractivity contribution in [1.82, 2.24) is 0 Å². The van der Waals surface area contributed by atoms with Crippen molar-refractivity contribution >= 4 is 46.1 Å². The Hall–Kier alpha value is -2.77. The first-order chi connectivity index (χ1) is 14.4. The summed E-state index contributed by atoms with van der Waals surface area (Å²) in [5, 5.41) is 2.51. The second-order valence-electron chi connectivity index (χ2n) is 6.93. The van der Waals surface area contributed by atoms with Gasteiger partial charge in [-0.15, -0.1) is 11.3 Å². The van der Waals surface area contributed by atoms with E-state index in [1.54, 1.807) is 29.2 Å². The number of fused-ring (bicyclic) bond motifs is 1. The van der Waals surface area contributed by atoms with Crippen molar-refractivity contribution in [2.45, 2.75) is 19.3 Å². The van der Waals surface area contributed by atoms with Gasteiger partial charge in [0.05, 0.1) is 15.6 Å². The minimum Gasteiger partial charge on any atom is -0.322 e. The zero-order valence-corrected chi connectivity index (χ0v) is 17.3. The maximum Gasteiger partial charge on any atom is 0.258 e. The molecular weight excluding hydrogens is 430 g/mol. The molecule has 30 heavy (non-hydrogen) atoms. The third kappa shape index (κ3) is 4.22. The van der Waals surface area contributed by atoms with E-state index < -0.39 is 17.5 Å². The molecule has 2 aromatic carbocycles. The minimum absolute atomic E-state index is 0.151. The van der Waals surface area contributed by atoms with E-state index in [2.05, 4.69) is 5.32 Å². The van der Waals surface area contributed by atoms with Crippen molar-refractivity contribution in [2.75, 3.05) is 16.8 Å². The number of carbonyl (C=O) groups is 2. The van der Waals surface area contributed by atoms with Crippen molar-refractivity contribution in [3.63, 3.8) is 0 Å². The van der Waals surface area contributed by atoms with Gasteiger partial charge in [0.15, 0.2) is 0 Å². The predicted octanol–water partition coefficient (Wildman–Crippen LogP) is 5.92. The summed E-state index contributed by atoms with van der Waals surface area (Å²) >= 11 is 7.65. The van der Waals surface area contributed by atoms with E-state index in [0.29, 0.717) is 22.1 Å². The molecule has 154 valence electrons. The van der Waals surface area contributed by atoms with Gasteiger partial charge in [-0.3, -0.25) is 9.59 Å². The second-order valence-corrected chi connectivity index (χ2v) is 8.70. The Morgan fingerprint density at radius 1 is 1.03 bits per heavy atom. The summed E-state index contributed by atoms with van der Waals surface area (Å²) in [6.07, 6.45) is 2.80. The molecule has 0 saturated heterocycles. The molecule has 3 aromatic rings. The van der Waals surface area contributed by atoms with E-state index in [0.717, 1.165) is 48.0 Å². The van der Waals surface area contributed by atoms with Gasteiger partial charge in [-0.1, -0.05) is 11.6 Å². The minimum atomic E-state index is -0.813. The van der Waals surface area contributed by atoms with Gasteiger partial charge in [0.25, 0.3) is 11.8 Å². The van der Waals surface area contributed by atoms with Gasteiger partial charge in [0.1, 0.15) is 11.6 Å². The highest BCUT2D eigenvalue weighted by Crippen LogP contribution is 2.37. The molecule has 1 aliphatic heterocycles. The van der Waals surface area contributed by atoms with E-state index in [1.165, 1.54) is 11.3 Å². The van der Waals surface area contributed by atoms with Crippen LogP contribution in [0.3, 0.4) is 0 Å². The first kappa shape index (κ1) is 20.5. The van der Waals surface area contributed by atoms with Crippen LogP contribution in [0.2, 0.25) is 4.34 Å². The Bertz CT molecular complexity index is 1110. The zero-order valence-electron chi connectivity index (χ0n) is 15.8. The lowest BCUT2D eigenvalue weighted by Gasteiger charge is -2.21. The lowest BCUT2D eigenvalue weighted by Crippen LogP contribution is -2.31. The molecule has 4 rings (SSSR count). The van der Waals surface area contributed by atoms with Gasteiger partial charge in [0.2, 0.25) is 0 Å². The normalized spacial score (nSPS) is 13.5. The Morgan fingerprint density at radius 3 is 2.57 bits per heavy atom. The third-order valence-electron chi connectivity index (χ3n) is 4.89. The number of anilines is 2. The number of nitrogens with zero attached hydrogens (tertiary/aromatic N) is 1. The van der Waals surface area contributed by atoms with Crippen LogP contribution in [-0.4, -0.2) is 18.4 Å². The summed E-state index contributed by atoms with van der Waals surface area (Å²) in [7, 11) is 0. The smallest absolute Gasteiger partial charge is 0.258 e. The number of aryl methyl sites for hydroxylation is 1. The highest BCUT2D eigenvalue weighted by molar-refractivity contribution is 7.16. The van der Waals surface area contributed by atoms with Crippen molar-refractivity contribution in [2.24, 2.45) is 0 Å². The van der Waals surface area contributed by atoms with Crippen LogP contribution in [0.5, 0.6) is 0 Å². The van der Waals surface area contributed by atoms with Crippen LogP contribution in [0, 0.1) is 11.6 Å². The van der Waals surface area contributed by atoms with Gasteiger partial charge < -0.3 is 10.2 Å². The fourth-order valence-electron chi connectivity index (χ4n) is 3.40. The lowest BCUT2D eigenvalue weighted by molar-refractivity contribution is 0.0985. The highest BCUT2D eigenvalue weighted by Gasteiger charge is 2.24. The fourth-order valence-corrected chi connectivity index (χ4v) is 4.71. The van der Waals surface area contributed by atoms with Crippen LogP contribution < -0.4 is 10.2 Å². The number of halogens is 3. The van der Waals surface area contributed by atoms with Gasteiger partial charge in [-0.05, 0) is 67.8 Å². The first-order valence-corrected chi connectivity index (χ1v) is 10.6. The van der Waals surface area contributed by atoms with Crippen LogP contribution >= 0.6 is 22.9 Å². The molecule has 0 atom stereocenters. The summed E-state index contributed by atoms with van der Waals surface area (Å²) < 4.78 is 27.7. The molecular formula is C22H17ClF2N2O2S. The van der Waals surface area contributed by atoms with E-state index in [9.17, 15) is 18.4 Å². The molecule has 2 heterocycles. The SMILES string of the molecule is O=C(Nc1ccc(C(=O)N2CCCCc3sc(Cl)cc32)cc1)c1cc(F)ccc1F. The van der Waals surface area contributed by atoms with Crippen molar-refractivity contribution < 1.29 is 18.4 Å². The third-order valence-corrected chi connectivity index (χ3v) is 6.20. The van der Waals surface area contributed by atoms with Crippen molar-refractivity contribution in [1.29, 1.82) is 0 Å². The molecule has 0 bridgehead atoms. The maximum absolute atomic E-state index is 13.8. The van der Waals surface area contributed by atoms with Crippen LogP contribution in [0.1, 0.15) is 38.4 Å². The molecule has 1 N–H and O–H groups in total. The molecule has 4 nitrogen and oxygen atoms in total. The topological polar surface area (TPSA) is 49.4 Å². The molecule has 0 radical (unpaired) electrons. The van der Waals surface area contributed by atoms with Gasteiger partial charge in [-0.2, -0.15) is 0 Å². The summed E-state index contributed by atoms with van der Waals surface area (Å²) in [5.41, 5.74) is 1.29. The van der Waals surface area contributed by atoms with Gasteiger partial charge in [-0.25, -0.2) is 8.78 Å². The molecule has 0 saturated carbocycles. The quantitative estimate of drug-likeness (QED) is 0.543. The van der Waals surface area contributed by atoms with Crippen LogP contribution in [0.4, 0.5) is 20.2 Å². The molecule has 8 heteroatoms. The monoisotopic (exact) mass is 446 g/mol. The average molecular weight is 447 g/mol. The number of nitrogens with one attached hydrogen (secondary N) is 1. The summed E-state index contributed by atoms with van der Waals surface area (Å²) in [6, 6.07) is 10.8. The van der Waals surface area contributed by atoms with Gasteiger partial charge in [0, 0.05) is 22.7 Å².